The van der Waals surface area contributed by atoms with Gasteiger partial charge in [-0.2, -0.15) is 0 Å². The molecule has 1 amide bonds. The smallest absolute Gasteiger partial charge is 0.252 e. The number of aliphatic hydroxyl groups is 1. The van der Waals surface area contributed by atoms with E-state index < -0.39 is 11.8 Å². The van der Waals surface area contributed by atoms with Gasteiger partial charge in [-0.25, -0.2) is 0 Å². The molecule has 2 N–H and O–H groups in total. The van der Waals surface area contributed by atoms with E-state index >= 15 is 0 Å². The molecule has 1 aliphatic rings. The summed E-state index contributed by atoms with van der Waals surface area (Å²) in [5, 5.41) is 18.2. The number of amides is 1. The first kappa shape index (κ1) is 21.3. The van der Waals surface area contributed by atoms with E-state index in [2.05, 4.69) is 10.5 Å². The molecule has 0 spiro atoms. The van der Waals surface area contributed by atoms with E-state index in [1.807, 2.05) is 74.5 Å². The van der Waals surface area contributed by atoms with Gasteiger partial charge in [0.1, 0.15) is 6.21 Å². The van der Waals surface area contributed by atoms with Gasteiger partial charge in [0.25, 0.3) is 5.91 Å². The molecule has 0 saturated heterocycles. The summed E-state index contributed by atoms with van der Waals surface area (Å²) in [5.74, 6) is -0.363. The molecule has 30 heavy (non-hydrogen) atoms. The van der Waals surface area contributed by atoms with Crippen molar-refractivity contribution in [2.75, 3.05) is 7.05 Å². The van der Waals surface area contributed by atoms with Gasteiger partial charge in [0.15, 0.2) is 6.10 Å². The molecule has 1 atom stereocenters. The summed E-state index contributed by atoms with van der Waals surface area (Å²) in [4.78, 5) is 20.0. The molecule has 1 unspecified atom stereocenters. The largest absolute Gasteiger partial charge is 0.383 e. The van der Waals surface area contributed by atoms with Gasteiger partial charge in [0.2, 0.25) is 5.72 Å². The van der Waals surface area contributed by atoms with Gasteiger partial charge >= 0.3 is 0 Å². The van der Waals surface area contributed by atoms with Crippen molar-refractivity contribution in [2.45, 2.75) is 31.7 Å². The molecule has 0 aromatic heterocycles. The molecule has 2 aromatic carbocycles. The maximum absolute atomic E-state index is 12.6. The lowest BCUT2D eigenvalue weighted by atomic mass is 9.98. The molecular formula is C24H27N3O3. The summed E-state index contributed by atoms with van der Waals surface area (Å²) in [6.45, 7) is 3.73. The first-order valence-corrected chi connectivity index (χ1v) is 9.87. The van der Waals surface area contributed by atoms with Crippen molar-refractivity contribution < 1.29 is 14.7 Å². The third-order valence-corrected chi connectivity index (χ3v) is 4.77. The highest BCUT2D eigenvalue weighted by molar-refractivity contribution is 6.01. The zero-order valence-electron chi connectivity index (χ0n) is 17.4. The Bertz CT molecular complexity index is 899. The Balaban J connectivity index is 1.87. The minimum absolute atomic E-state index is 0.0624. The Morgan fingerprint density at radius 2 is 1.67 bits per heavy atom. The minimum Gasteiger partial charge on any atom is -0.383 e. The second-order valence-corrected chi connectivity index (χ2v) is 7.43. The summed E-state index contributed by atoms with van der Waals surface area (Å²) in [6.07, 6.45) is 5.75. The fourth-order valence-electron chi connectivity index (χ4n) is 3.17. The first-order chi connectivity index (χ1) is 14.4. The Morgan fingerprint density at radius 3 is 2.20 bits per heavy atom. The molecular weight excluding hydrogens is 378 g/mol. The molecule has 6 nitrogen and oxygen atoms in total. The van der Waals surface area contributed by atoms with Gasteiger partial charge in [-0.15, -0.1) is 0 Å². The van der Waals surface area contributed by atoms with Crippen LogP contribution in [0.4, 0.5) is 0 Å². The average molecular weight is 405 g/mol. The summed E-state index contributed by atoms with van der Waals surface area (Å²) < 4.78 is 0. The number of likely N-dealkylation sites (N-methyl/N-ethyl adjacent to an activating group) is 1. The molecule has 0 bridgehead atoms. The molecule has 156 valence electrons. The van der Waals surface area contributed by atoms with Gasteiger partial charge in [-0.3, -0.25) is 4.79 Å². The molecule has 1 heterocycles. The van der Waals surface area contributed by atoms with Gasteiger partial charge in [0, 0.05) is 19.3 Å². The second-order valence-electron chi connectivity index (χ2n) is 7.43. The highest BCUT2D eigenvalue weighted by Gasteiger charge is 2.39. The van der Waals surface area contributed by atoms with Gasteiger partial charge in [0.05, 0.1) is 5.57 Å². The van der Waals surface area contributed by atoms with E-state index in [9.17, 15) is 9.90 Å². The molecule has 3 rings (SSSR count). The van der Waals surface area contributed by atoms with Crippen LogP contribution < -0.4 is 5.32 Å². The Labute approximate surface area is 177 Å². The van der Waals surface area contributed by atoms with Crippen LogP contribution in [-0.4, -0.2) is 40.9 Å². The molecule has 0 saturated carbocycles. The van der Waals surface area contributed by atoms with Crippen LogP contribution in [0.15, 0.2) is 89.7 Å². The van der Waals surface area contributed by atoms with Crippen molar-refractivity contribution in [1.82, 2.24) is 10.2 Å². The number of nitrogens with zero attached hydrogens (tertiary/aromatic N) is 2. The monoisotopic (exact) mass is 405 g/mol. The van der Waals surface area contributed by atoms with E-state index in [1.54, 1.807) is 25.4 Å². The third-order valence-electron chi connectivity index (χ3n) is 4.77. The number of rotatable bonds is 7. The zero-order valence-corrected chi connectivity index (χ0v) is 17.4. The van der Waals surface area contributed by atoms with Crippen LogP contribution in [0.25, 0.3) is 0 Å². The topological polar surface area (TPSA) is 74.2 Å². The van der Waals surface area contributed by atoms with Crippen molar-refractivity contribution in [2.24, 2.45) is 5.16 Å². The van der Waals surface area contributed by atoms with Crippen LogP contribution in [0.3, 0.4) is 0 Å². The number of allylic oxidation sites excluding steroid dienone is 2. The van der Waals surface area contributed by atoms with Crippen LogP contribution in [0.1, 0.15) is 31.1 Å². The predicted octanol–water partition coefficient (Wildman–Crippen LogP) is 3.38. The number of carbonyl (C=O) groups is 1. The summed E-state index contributed by atoms with van der Waals surface area (Å²) >= 11 is 0. The minimum atomic E-state index is -1.73. The molecule has 0 radical (unpaired) electrons. The number of hydrogen-bond donors (Lipinski definition) is 2. The van der Waals surface area contributed by atoms with E-state index in [1.165, 1.54) is 11.1 Å². The highest BCUT2D eigenvalue weighted by atomic mass is 16.6. The summed E-state index contributed by atoms with van der Waals surface area (Å²) in [6, 6.07) is 19.4. The SMILES string of the molecule is CC(C)NC(=O)C1=CC=CN(C)C1(O)C=NOC(c1ccccc1)c1ccccc1. The molecule has 0 aliphatic carbocycles. The molecule has 2 aromatic rings. The first-order valence-electron chi connectivity index (χ1n) is 9.87. The number of benzene rings is 2. The van der Waals surface area contributed by atoms with Crippen molar-refractivity contribution in [3.05, 3.63) is 95.7 Å². The number of oxime groups is 1. The van der Waals surface area contributed by atoms with Crippen LogP contribution in [0.2, 0.25) is 0 Å². The van der Waals surface area contributed by atoms with E-state index in [0.717, 1.165) is 11.1 Å². The van der Waals surface area contributed by atoms with Gasteiger partial charge in [-0.05, 0) is 37.1 Å². The normalized spacial score (nSPS) is 18.7. The van der Waals surface area contributed by atoms with Gasteiger partial charge in [-0.1, -0.05) is 65.8 Å². The van der Waals surface area contributed by atoms with Crippen LogP contribution in [0.5, 0.6) is 0 Å². The molecule has 1 aliphatic heterocycles. The summed E-state index contributed by atoms with van der Waals surface area (Å²) in [5.41, 5.74) is 0.298. The van der Waals surface area contributed by atoms with Crippen LogP contribution in [0, 0.1) is 0 Å². The van der Waals surface area contributed by atoms with Crippen molar-refractivity contribution in [3.8, 4) is 0 Å². The molecule has 0 fully saturated rings. The Morgan fingerprint density at radius 1 is 1.10 bits per heavy atom. The maximum Gasteiger partial charge on any atom is 0.252 e. The number of carbonyl (C=O) groups excluding carboxylic acids is 1. The van der Waals surface area contributed by atoms with Crippen molar-refractivity contribution in [1.29, 1.82) is 0 Å². The van der Waals surface area contributed by atoms with Crippen LogP contribution >= 0.6 is 0 Å². The van der Waals surface area contributed by atoms with E-state index in [0.29, 0.717) is 0 Å². The number of nitrogens with one attached hydrogen (secondary N) is 1. The lowest BCUT2D eigenvalue weighted by molar-refractivity contribution is -0.121. The summed E-state index contributed by atoms with van der Waals surface area (Å²) in [7, 11) is 1.67. The highest BCUT2D eigenvalue weighted by Crippen LogP contribution is 2.28. The predicted molar refractivity (Wildman–Crippen MR) is 118 cm³/mol. The van der Waals surface area contributed by atoms with Crippen LogP contribution in [-0.2, 0) is 9.63 Å². The lowest BCUT2D eigenvalue weighted by Crippen LogP contribution is -2.52. The Hall–Kier alpha value is -3.38. The fourth-order valence-corrected chi connectivity index (χ4v) is 3.17. The van der Waals surface area contributed by atoms with E-state index in [-0.39, 0.29) is 17.5 Å². The van der Waals surface area contributed by atoms with Crippen molar-refractivity contribution in [3.63, 3.8) is 0 Å². The van der Waals surface area contributed by atoms with Crippen molar-refractivity contribution >= 4 is 12.1 Å². The quantitative estimate of drug-likeness (QED) is 0.547. The molecule has 6 heteroatoms. The fraction of sp³-hybridized carbons (Fsp3) is 0.250. The number of hydrogen-bond acceptors (Lipinski definition) is 5. The van der Waals surface area contributed by atoms with Gasteiger partial charge < -0.3 is 20.2 Å². The Kier molecular flexibility index (Phi) is 6.69. The average Bonchev–Trinajstić information content (AvgIpc) is 2.74. The maximum atomic E-state index is 12.6. The standard InChI is InChI=1S/C24H27N3O3/c1-18(2)26-23(28)21-15-10-16-27(3)24(21,29)17-25-30-22(19-11-6-4-7-12-19)20-13-8-5-9-14-20/h4-18,22,29H,1-3H3,(H,26,28). The lowest BCUT2D eigenvalue weighted by Gasteiger charge is -2.36. The zero-order chi connectivity index (χ0) is 21.6. The second kappa shape index (κ2) is 9.41. The third kappa shape index (κ3) is 4.78. The van der Waals surface area contributed by atoms with E-state index in [4.69, 9.17) is 4.84 Å².